The number of methoxy groups -OCH3 is 1. The molecule has 2 aliphatic heterocycles. The summed E-state index contributed by atoms with van der Waals surface area (Å²) < 4.78 is 5.15. The van der Waals surface area contributed by atoms with Crippen molar-refractivity contribution in [3.05, 3.63) is 41.3 Å². The number of amides is 2. The van der Waals surface area contributed by atoms with Crippen LogP contribution in [0.4, 0.5) is 11.5 Å². The zero-order valence-electron chi connectivity index (χ0n) is 18.9. The van der Waals surface area contributed by atoms with E-state index < -0.39 is 0 Å². The number of aromatic nitrogens is 2. The van der Waals surface area contributed by atoms with E-state index in [1.807, 2.05) is 36.2 Å². The van der Waals surface area contributed by atoms with Crippen LogP contribution in [0.3, 0.4) is 0 Å². The molecular weight excluding hydrogens is 408 g/mol. The average Bonchev–Trinajstić information content (AvgIpc) is 3.29. The second-order valence-electron chi connectivity index (χ2n) is 8.29. The predicted octanol–water partition coefficient (Wildman–Crippen LogP) is 1.86. The highest BCUT2D eigenvalue weighted by molar-refractivity contribution is 5.92. The van der Waals surface area contributed by atoms with Crippen molar-refractivity contribution < 1.29 is 14.3 Å². The minimum atomic E-state index is -0.0605. The van der Waals surface area contributed by atoms with E-state index in [9.17, 15) is 9.59 Å². The molecule has 2 N–H and O–H groups in total. The van der Waals surface area contributed by atoms with E-state index in [1.165, 1.54) is 0 Å². The Kier molecular flexibility index (Phi) is 6.55. The van der Waals surface area contributed by atoms with Crippen LogP contribution < -0.4 is 15.4 Å². The Bertz CT molecular complexity index is 994. The van der Waals surface area contributed by atoms with Crippen LogP contribution in [0, 0.1) is 0 Å². The number of fused-ring (bicyclic) bond motifs is 1. The summed E-state index contributed by atoms with van der Waals surface area (Å²) >= 11 is 0. The Morgan fingerprint density at radius 3 is 2.62 bits per heavy atom. The van der Waals surface area contributed by atoms with Crippen molar-refractivity contribution in [1.82, 2.24) is 19.8 Å². The molecule has 2 aliphatic rings. The number of benzene rings is 1. The molecule has 3 heterocycles. The molecule has 4 rings (SSSR count). The van der Waals surface area contributed by atoms with Crippen LogP contribution in [0.25, 0.3) is 0 Å². The number of ether oxygens (including phenoxy) is 1. The lowest BCUT2D eigenvalue weighted by molar-refractivity contribution is -0.127. The maximum absolute atomic E-state index is 12.6. The number of carbonyl (C=O) groups is 2. The zero-order valence-corrected chi connectivity index (χ0v) is 18.9. The van der Waals surface area contributed by atoms with Gasteiger partial charge in [-0.1, -0.05) is 0 Å². The van der Waals surface area contributed by atoms with E-state index in [0.717, 1.165) is 60.3 Å². The van der Waals surface area contributed by atoms with Crippen molar-refractivity contribution in [2.45, 2.75) is 32.2 Å². The van der Waals surface area contributed by atoms with Crippen LogP contribution in [0.15, 0.2) is 24.3 Å². The van der Waals surface area contributed by atoms with E-state index in [2.05, 4.69) is 15.5 Å². The summed E-state index contributed by atoms with van der Waals surface area (Å²) in [6.45, 7) is 4.66. The Morgan fingerprint density at radius 1 is 1.19 bits per heavy atom. The van der Waals surface area contributed by atoms with Gasteiger partial charge >= 0.3 is 0 Å². The van der Waals surface area contributed by atoms with Crippen molar-refractivity contribution >= 4 is 23.3 Å². The van der Waals surface area contributed by atoms with Gasteiger partial charge in [0.05, 0.1) is 19.3 Å². The number of carbonyl (C=O) groups excluding carboxylic acids is 2. The van der Waals surface area contributed by atoms with Crippen molar-refractivity contribution in [3.8, 4) is 5.75 Å². The minimum Gasteiger partial charge on any atom is -0.497 e. The van der Waals surface area contributed by atoms with E-state index >= 15 is 0 Å². The summed E-state index contributed by atoms with van der Waals surface area (Å²) in [6, 6.07) is 7.29. The standard InChI is InChI=1S/C23H30N6O3/c1-15(30)29-11-8-16(12-29)22-26-20-13-28(10-9-19(20)23(24-2)27-22)14-21(31)25-17-4-6-18(32-3)7-5-17/h4-7,16H,8-14H2,1-3H3,(H,25,31)(H,24,26,27). The summed E-state index contributed by atoms with van der Waals surface area (Å²) in [6.07, 6.45) is 1.65. The number of likely N-dealkylation sites (tertiary alicyclic amines) is 1. The quantitative estimate of drug-likeness (QED) is 0.710. The molecule has 1 atom stereocenters. The zero-order chi connectivity index (χ0) is 22.7. The molecule has 9 heteroatoms. The Labute approximate surface area is 188 Å². The van der Waals surface area contributed by atoms with Gasteiger partial charge in [0.1, 0.15) is 17.4 Å². The maximum atomic E-state index is 12.6. The third kappa shape index (κ3) is 4.83. The van der Waals surface area contributed by atoms with E-state index in [0.29, 0.717) is 19.6 Å². The summed E-state index contributed by atoms with van der Waals surface area (Å²) in [7, 11) is 3.49. The van der Waals surface area contributed by atoms with Crippen LogP contribution in [0.2, 0.25) is 0 Å². The van der Waals surface area contributed by atoms with Crippen molar-refractivity contribution in [2.75, 3.05) is 51.0 Å². The van der Waals surface area contributed by atoms with Crippen LogP contribution in [-0.4, -0.2) is 71.9 Å². The lowest BCUT2D eigenvalue weighted by atomic mass is 10.0. The van der Waals surface area contributed by atoms with Gasteiger partial charge in [0.25, 0.3) is 0 Å². The molecule has 0 radical (unpaired) electrons. The molecule has 1 aromatic carbocycles. The first-order chi connectivity index (χ1) is 15.5. The molecule has 2 aromatic rings. The molecule has 32 heavy (non-hydrogen) atoms. The molecule has 0 saturated carbocycles. The van der Waals surface area contributed by atoms with Gasteiger partial charge < -0.3 is 20.3 Å². The molecule has 2 amide bonds. The second kappa shape index (κ2) is 9.52. The first-order valence-corrected chi connectivity index (χ1v) is 11.0. The van der Waals surface area contributed by atoms with Gasteiger partial charge in [-0.05, 0) is 37.1 Å². The molecular formula is C23H30N6O3. The van der Waals surface area contributed by atoms with Crippen LogP contribution >= 0.6 is 0 Å². The van der Waals surface area contributed by atoms with Crippen molar-refractivity contribution in [3.63, 3.8) is 0 Å². The molecule has 1 aromatic heterocycles. The highest BCUT2D eigenvalue weighted by Crippen LogP contribution is 2.30. The van der Waals surface area contributed by atoms with Crippen LogP contribution in [0.1, 0.15) is 36.3 Å². The Hall–Kier alpha value is -3.20. The van der Waals surface area contributed by atoms with Gasteiger partial charge in [-0.3, -0.25) is 14.5 Å². The average molecular weight is 439 g/mol. The third-order valence-electron chi connectivity index (χ3n) is 6.14. The topological polar surface area (TPSA) is 99.7 Å². The van der Waals surface area contributed by atoms with Crippen molar-refractivity contribution in [2.24, 2.45) is 0 Å². The maximum Gasteiger partial charge on any atom is 0.238 e. The summed E-state index contributed by atoms with van der Waals surface area (Å²) in [4.78, 5) is 37.9. The smallest absolute Gasteiger partial charge is 0.238 e. The molecule has 1 saturated heterocycles. The summed E-state index contributed by atoms with van der Waals surface area (Å²) in [5.74, 6) is 2.56. The molecule has 0 bridgehead atoms. The van der Waals surface area contributed by atoms with E-state index in [-0.39, 0.29) is 17.7 Å². The largest absolute Gasteiger partial charge is 0.497 e. The Morgan fingerprint density at radius 2 is 1.97 bits per heavy atom. The molecule has 170 valence electrons. The van der Waals surface area contributed by atoms with Gasteiger partial charge in [-0.15, -0.1) is 0 Å². The van der Waals surface area contributed by atoms with Crippen LogP contribution in [0.5, 0.6) is 5.75 Å². The van der Waals surface area contributed by atoms with Gasteiger partial charge in [-0.2, -0.15) is 0 Å². The minimum absolute atomic E-state index is 0.0605. The highest BCUT2D eigenvalue weighted by Gasteiger charge is 2.30. The normalized spacial score (nSPS) is 18.2. The molecule has 9 nitrogen and oxygen atoms in total. The predicted molar refractivity (Wildman–Crippen MR) is 122 cm³/mol. The van der Waals surface area contributed by atoms with Gasteiger partial charge in [0.15, 0.2) is 0 Å². The SMILES string of the molecule is CNc1nc(C2CCN(C(C)=O)C2)nc2c1CCN(CC(=O)Nc1ccc(OC)cc1)C2. The number of anilines is 2. The van der Waals surface area contributed by atoms with Gasteiger partial charge in [0, 0.05) is 57.3 Å². The third-order valence-corrected chi connectivity index (χ3v) is 6.14. The first-order valence-electron chi connectivity index (χ1n) is 11.0. The Balaban J connectivity index is 1.43. The fourth-order valence-electron chi connectivity index (χ4n) is 4.36. The fourth-order valence-corrected chi connectivity index (χ4v) is 4.36. The number of hydrogen-bond donors (Lipinski definition) is 2. The number of nitrogens with one attached hydrogen (secondary N) is 2. The van der Waals surface area contributed by atoms with Crippen LogP contribution in [-0.2, 0) is 22.6 Å². The molecule has 0 spiro atoms. The highest BCUT2D eigenvalue weighted by atomic mass is 16.5. The van der Waals surface area contributed by atoms with E-state index in [1.54, 1.807) is 14.0 Å². The number of nitrogens with zero attached hydrogens (tertiary/aromatic N) is 4. The number of hydrogen-bond acceptors (Lipinski definition) is 7. The molecule has 0 aliphatic carbocycles. The van der Waals surface area contributed by atoms with Crippen molar-refractivity contribution in [1.29, 1.82) is 0 Å². The second-order valence-corrected chi connectivity index (χ2v) is 8.29. The van der Waals surface area contributed by atoms with Gasteiger partial charge in [0.2, 0.25) is 11.8 Å². The summed E-state index contributed by atoms with van der Waals surface area (Å²) in [5, 5.41) is 6.15. The molecule has 1 unspecified atom stereocenters. The summed E-state index contributed by atoms with van der Waals surface area (Å²) in [5.41, 5.74) is 2.82. The lowest BCUT2D eigenvalue weighted by Crippen LogP contribution is -2.38. The van der Waals surface area contributed by atoms with E-state index in [4.69, 9.17) is 14.7 Å². The number of rotatable bonds is 6. The monoisotopic (exact) mass is 438 g/mol. The first kappa shape index (κ1) is 22.0. The van der Waals surface area contributed by atoms with Gasteiger partial charge in [-0.25, -0.2) is 9.97 Å². The lowest BCUT2D eigenvalue weighted by Gasteiger charge is -2.29. The molecule has 1 fully saturated rings. The fraction of sp³-hybridized carbons (Fsp3) is 0.478.